The highest BCUT2D eigenvalue weighted by Crippen LogP contribution is 2.27. The molecule has 0 aliphatic heterocycles. The van der Waals surface area contributed by atoms with Crippen molar-refractivity contribution in [2.75, 3.05) is 7.11 Å². The summed E-state index contributed by atoms with van der Waals surface area (Å²) in [7, 11) is 1.26. The molecular weight excluding hydrogens is 301 g/mol. The van der Waals surface area contributed by atoms with Crippen molar-refractivity contribution in [3.05, 3.63) is 57.0 Å². The van der Waals surface area contributed by atoms with E-state index in [1.54, 1.807) is 17.4 Å². The van der Waals surface area contributed by atoms with Gasteiger partial charge in [-0.05, 0) is 23.6 Å². The van der Waals surface area contributed by atoms with Crippen molar-refractivity contribution in [1.82, 2.24) is 5.32 Å². The van der Waals surface area contributed by atoms with E-state index in [1.165, 1.54) is 19.2 Å². The number of ether oxygens (including phenoxy) is 1. The molecule has 20 heavy (non-hydrogen) atoms. The van der Waals surface area contributed by atoms with Gasteiger partial charge >= 0.3 is 5.97 Å². The number of hydrogen-bond donors (Lipinski definition) is 1. The Bertz CT molecular complexity index is 569. The zero-order chi connectivity index (χ0) is 14.5. The number of hydrogen-bond acceptors (Lipinski definition) is 4. The van der Waals surface area contributed by atoms with E-state index >= 15 is 0 Å². The standard InChI is InChI=1S/C14H13ClFNO2S/c1-19-14(18)13(17-8-9-4-3-7-20-9)12-10(15)5-2-6-11(12)16/h2-7,13,17H,8H2,1H3. The molecule has 6 heteroatoms. The first-order valence-corrected chi connectivity index (χ1v) is 7.16. The Morgan fingerprint density at radius 2 is 2.25 bits per heavy atom. The molecule has 0 spiro atoms. The molecule has 0 saturated heterocycles. The fraction of sp³-hybridized carbons (Fsp3) is 0.214. The Labute approximate surface area is 125 Å². The van der Waals surface area contributed by atoms with E-state index in [1.807, 2.05) is 17.5 Å². The highest BCUT2D eigenvalue weighted by molar-refractivity contribution is 7.09. The van der Waals surface area contributed by atoms with E-state index in [4.69, 9.17) is 16.3 Å². The molecule has 0 aliphatic carbocycles. The number of carbonyl (C=O) groups is 1. The van der Waals surface area contributed by atoms with Gasteiger partial charge < -0.3 is 4.74 Å². The summed E-state index contributed by atoms with van der Waals surface area (Å²) in [5.41, 5.74) is 0.109. The van der Waals surface area contributed by atoms with Gasteiger partial charge in [0.25, 0.3) is 0 Å². The third kappa shape index (κ3) is 3.36. The zero-order valence-electron chi connectivity index (χ0n) is 10.7. The molecule has 106 valence electrons. The van der Waals surface area contributed by atoms with E-state index in [2.05, 4.69) is 5.32 Å². The predicted molar refractivity (Wildman–Crippen MR) is 77.3 cm³/mol. The van der Waals surface area contributed by atoms with E-state index < -0.39 is 17.8 Å². The van der Waals surface area contributed by atoms with Crippen molar-refractivity contribution < 1.29 is 13.9 Å². The van der Waals surface area contributed by atoms with Gasteiger partial charge in [-0.3, -0.25) is 5.32 Å². The lowest BCUT2D eigenvalue weighted by Gasteiger charge is -2.18. The molecule has 3 nitrogen and oxygen atoms in total. The second-order valence-corrected chi connectivity index (χ2v) is 5.49. The average molecular weight is 314 g/mol. The van der Waals surface area contributed by atoms with Gasteiger partial charge in [-0.15, -0.1) is 11.3 Å². The SMILES string of the molecule is COC(=O)C(NCc1cccs1)c1c(F)cccc1Cl. The van der Waals surface area contributed by atoms with Crippen molar-refractivity contribution in [3.8, 4) is 0 Å². The minimum absolute atomic E-state index is 0.109. The number of esters is 1. The lowest BCUT2D eigenvalue weighted by molar-refractivity contribution is -0.143. The molecule has 0 saturated carbocycles. The second kappa shape index (κ2) is 6.83. The molecule has 1 aromatic carbocycles. The maximum Gasteiger partial charge on any atom is 0.327 e. The van der Waals surface area contributed by atoms with Crippen LogP contribution in [-0.4, -0.2) is 13.1 Å². The maximum atomic E-state index is 13.9. The molecule has 0 aliphatic rings. The predicted octanol–water partition coefficient (Wildman–Crippen LogP) is 3.54. The van der Waals surface area contributed by atoms with Gasteiger partial charge in [0, 0.05) is 22.0 Å². The summed E-state index contributed by atoms with van der Waals surface area (Å²) in [6.07, 6.45) is 0. The topological polar surface area (TPSA) is 38.3 Å². The molecule has 0 radical (unpaired) electrons. The summed E-state index contributed by atoms with van der Waals surface area (Å²) >= 11 is 7.55. The third-order valence-electron chi connectivity index (χ3n) is 2.79. The summed E-state index contributed by atoms with van der Waals surface area (Å²) < 4.78 is 18.7. The largest absolute Gasteiger partial charge is 0.468 e. The van der Waals surface area contributed by atoms with Crippen LogP contribution in [0.25, 0.3) is 0 Å². The number of thiophene rings is 1. The number of benzene rings is 1. The zero-order valence-corrected chi connectivity index (χ0v) is 12.3. The van der Waals surface area contributed by atoms with Crippen LogP contribution in [0, 0.1) is 5.82 Å². The summed E-state index contributed by atoms with van der Waals surface area (Å²) in [4.78, 5) is 12.9. The van der Waals surface area contributed by atoms with E-state index in [9.17, 15) is 9.18 Å². The fourth-order valence-electron chi connectivity index (χ4n) is 1.82. The fourth-order valence-corrected chi connectivity index (χ4v) is 2.75. The van der Waals surface area contributed by atoms with Crippen LogP contribution in [0.5, 0.6) is 0 Å². The van der Waals surface area contributed by atoms with Crippen molar-refractivity contribution in [2.45, 2.75) is 12.6 Å². The lowest BCUT2D eigenvalue weighted by atomic mass is 10.1. The van der Waals surface area contributed by atoms with Gasteiger partial charge in [0.15, 0.2) is 0 Å². The lowest BCUT2D eigenvalue weighted by Crippen LogP contribution is -2.30. The maximum absolute atomic E-state index is 13.9. The Balaban J connectivity index is 2.25. The van der Waals surface area contributed by atoms with Gasteiger partial charge in [-0.1, -0.05) is 23.7 Å². The molecule has 1 atom stereocenters. The number of carbonyl (C=O) groups excluding carboxylic acids is 1. The Kier molecular flexibility index (Phi) is 5.11. The first kappa shape index (κ1) is 15.0. The molecule has 0 fully saturated rings. The normalized spacial score (nSPS) is 12.2. The van der Waals surface area contributed by atoms with E-state index in [-0.39, 0.29) is 10.6 Å². The van der Waals surface area contributed by atoms with Crippen molar-refractivity contribution in [2.24, 2.45) is 0 Å². The molecule has 0 amide bonds. The first-order chi connectivity index (χ1) is 9.63. The van der Waals surface area contributed by atoms with Crippen molar-refractivity contribution in [3.63, 3.8) is 0 Å². The summed E-state index contributed by atoms with van der Waals surface area (Å²) in [5.74, 6) is -1.11. The molecule has 1 heterocycles. The molecule has 1 unspecified atom stereocenters. The number of halogens is 2. The van der Waals surface area contributed by atoms with E-state index in [0.717, 1.165) is 4.88 Å². The van der Waals surface area contributed by atoms with Crippen LogP contribution in [0.4, 0.5) is 4.39 Å². The summed E-state index contributed by atoms with van der Waals surface area (Å²) in [6, 6.07) is 7.21. The highest BCUT2D eigenvalue weighted by atomic mass is 35.5. The van der Waals surface area contributed by atoms with Crippen LogP contribution < -0.4 is 5.32 Å². The first-order valence-electron chi connectivity index (χ1n) is 5.91. The number of rotatable bonds is 5. The molecule has 2 rings (SSSR count). The minimum atomic E-state index is -0.934. The van der Waals surface area contributed by atoms with Crippen LogP contribution >= 0.6 is 22.9 Å². The summed E-state index contributed by atoms with van der Waals surface area (Å²) in [5, 5.41) is 5.11. The average Bonchev–Trinajstić information content (AvgIpc) is 2.94. The van der Waals surface area contributed by atoms with Gasteiger partial charge in [0.1, 0.15) is 11.9 Å². The quantitative estimate of drug-likeness (QED) is 0.858. The molecule has 2 aromatic rings. The van der Waals surface area contributed by atoms with Gasteiger partial charge in [-0.2, -0.15) is 0 Å². The van der Waals surface area contributed by atoms with Crippen LogP contribution in [0.2, 0.25) is 5.02 Å². The smallest absolute Gasteiger partial charge is 0.327 e. The Morgan fingerprint density at radius 1 is 1.45 bits per heavy atom. The van der Waals surface area contributed by atoms with Gasteiger partial charge in [0.2, 0.25) is 0 Å². The molecule has 0 bridgehead atoms. The molecular formula is C14H13ClFNO2S. The van der Waals surface area contributed by atoms with Crippen LogP contribution in [-0.2, 0) is 16.1 Å². The monoisotopic (exact) mass is 313 g/mol. The molecule has 1 aromatic heterocycles. The Morgan fingerprint density at radius 3 is 2.85 bits per heavy atom. The van der Waals surface area contributed by atoms with Crippen LogP contribution in [0.3, 0.4) is 0 Å². The van der Waals surface area contributed by atoms with Gasteiger partial charge in [0.05, 0.1) is 7.11 Å². The third-order valence-corrected chi connectivity index (χ3v) is 3.99. The van der Waals surface area contributed by atoms with E-state index in [0.29, 0.717) is 6.54 Å². The number of methoxy groups -OCH3 is 1. The minimum Gasteiger partial charge on any atom is -0.468 e. The highest BCUT2D eigenvalue weighted by Gasteiger charge is 2.26. The summed E-state index contributed by atoms with van der Waals surface area (Å²) in [6.45, 7) is 0.433. The van der Waals surface area contributed by atoms with Gasteiger partial charge in [-0.25, -0.2) is 9.18 Å². The molecule has 1 N–H and O–H groups in total. The van der Waals surface area contributed by atoms with Crippen LogP contribution in [0.15, 0.2) is 35.7 Å². The Hall–Kier alpha value is -1.43. The van der Waals surface area contributed by atoms with Crippen molar-refractivity contribution in [1.29, 1.82) is 0 Å². The van der Waals surface area contributed by atoms with Crippen LogP contribution in [0.1, 0.15) is 16.5 Å². The second-order valence-electron chi connectivity index (χ2n) is 4.05. The number of nitrogens with one attached hydrogen (secondary N) is 1. The van der Waals surface area contributed by atoms with Crippen molar-refractivity contribution >= 4 is 28.9 Å².